The summed E-state index contributed by atoms with van der Waals surface area (Å²) in [5.41, 5.74) is 0.0118. The van der Waals surface area contributed by atoms with Gasteiger partial charge in [-0.2, -0.15) is 0 Å². The molecule has 1 N–H and O–H groups in total. The highest BCUT2D eigenvalue weighted by Gasteiger charge is 2.42. The van der Waals surface area contributed by atoms with Gasteiger partial charge in [0.1, 0.15) is 6.10 Å². The van der Waals surface area contributed by atoms with Crippen LogP contribution in [0.25, 0.3) is 0 Å². The Labute approximate surface area is 113 Å². The first kappa shape index (κ1) is 12.7. The lowest BCUT2D eigenvalue weighted by molar-refractivity contribution is -0.0206. The maximum absolute atomic E-state index is 6.01. The number of pyridine rings is 1. The zero-order chi connectivity index (χ0) is 13.1. The first-order chi connectivity index (χ1) is 9.31. The molecule has 1 unspecified atom stereocenters. The standard InChI is InChI=1S/C14H20N2O3/c1-17-12-3-2-6-16-13(12)19-11-9-14(18-10-11)4-7-15-8-5-14/h2-3,6,11,15H,4-5,7-10H2,1H3. The van der Waals surface area contributed by atoms with Crippen molar-refractivity contribution in [3.63, 3.8) is 0 Å². The molecule has 0 aromatic carbocycles. The van der Waals surface area contributed by atoms with E-state index in [1.807, 2.05) is 12.1 Å². The molecule has 0 radical (unpaired) electrons. The van der Waals surface area contributed by atoms with Crippen molar-refractivity contribution >= 4 is 0 Å². The minimum atomic E-state index is 0.0118. The molecule has 1 atom stereocenters. The van der Waals surface area contributed by atoms with Gasteiger partial charge in [-0.25, -0.2) is 4.98 Å². The van der Waals surface area contributed by atoms with Gasteiger partial charge in [0.05, 0.1) is 19.3 Å². The SMILES string of the molecule is COc1cccnc1OC1COC2(CCNCC2)C1. The molecule has 0 bridgehead atoms. The molecular formula is C14H20N2O3. The molecule has 0 aliphatic carbocycles. The van der Waals surface area contributed by atoms with Crippen LogP contribution >= 0.6 is 0 Å². The van der Waals surface area contributed by atoms with Gasteiger partial charge in [-0.05, 0) is 38.1 Å². The fourth-order valence-corrected chi connectivity index (χ4v) is 2.89. The van der Waals surface area contributed by atoms with E-state index in [-0.39, 0.29) is 11.7 Å². The molecule has 1 aromatic heterocycles. The highest BCUT2D eigenvalue weighted by Crippen LogP contribution is 2.36. The second-order valence-electron chi connectivity index (χ2n) is 5.20. The maximum atomic E-state index is 6.01. The van der Waals surface area contributed by atoms with E-state index in [0.717, 1.165) is 32.4 Å². The minimum absolute atomic E-state index is 0.0118. The zero-order valence-electron chi connectivity index (χ0n) is 11.2. The molecule has 2 fully saturated rings. The molecule has 0 amide bonds. The topological polar surface area (TPSA) is 52.6 Å². The van der Waals surface area contributed by atoms with Crippen LogP contribution in [0.5, 0.6) is 11.6 Å². The summed E-state index contributed by atoms with van der Waals surface area (Å²) in [6, 6.07) is 3.70. The normalized spacial score (nSPS) is 25.4. The van der Waals surface area contributed by atoms with Gasteiger partial charge in [0.25, 0.3) is 5.88 Å². The highest BCUT2D eigenvalue weighted by molar-refractivity contribution is 5.32. The van der Waals surface area contributed by atoms with Crippen molar-refractivity contribution in [2.75, 3.05) is 26.8 Å². The van der Waals surface area contributed by atoms with Gasteiger partial charge in [-0.3, -0.25) is 0 Å². The van der Waals surface area contributed by atoms with E-state index in [1.165, 1.54) is 0 Å². The second kappa shape index (κ2) is 5.35. The minimum Gasteiger partial charge on any atom is -0.491 e. The van der Waals surface area contributed by atoms with Gasteiger partial charge in [-0.1, -0.05) is 0 Å². The van der Waals surface area contributed by atoms with E-state index in [4.69, 9.17) is 14.2 Å². The molecule has 1 spiro atoms. The number of nitrogens with zero attached hydrogens (tertiary/aromatic N) is 1. The second-order valence-corrected chi connectivity index (χ2v) is 5.20. The Morgan fingerprint density at radius 2 is 2.26 bits per heavy atom. The Balaban J connectivity index is 1.65. The molecule has 3 heterocycles. The van der Waals surface area contributed by atoms with Gasteiger partial charge in [0.15, 0.2) is 5.75 Å². The van der Waals surface area contributed by atoms with Gasteiger partial charge >= 0.3 is 0 Å². The average Bonchev–Trinajstić information content (AvgIpc) is 2.83. The third-order valence-electron chi connectivity index (χ3n) is 3.92. The molecule has 5 nitrogen and oxygen atoms in total. The van der Waals surface area contributed by atoms with E-state index in [9.17, 15) is 0 Å². The summed E-state index contributed by atoms with van der Waals surface area (Å²) in [5, 5.41) is 3.37. The molecule has 2 aliphatic rings. The van der Waals surface area contributed by atoms with E-state index < -0.39 is 0 Å². The Morgan fingerprint density at radius 3 is 3.05 bits per heavy atom. The molecule has 104 valence electrons. The Kier molecular flexibility index (Phi) is 3.57. The smallest absolute Gasteiger partial charge is 0.257 e. The predicted octanol–water partition coefficient (Wildman–Crippen LogP) is 1.38. The fourth-order valence-electron chi connectivity index (χ4n) is 2.89. The average molecular weight is 264 g/mol. The third kappa shape index (κ3) is 2.67. The highest BCUT2D eigenvalue weighted by atomic mass is 16.6. The molecule has 2 saturated heterocycles. The Bertz CT molecular complexity index is 432. The summed E-state index contributed by atoms with van der Waals surface area (Å²) in [7, 11) is 1.63. The first-order valence-electron chi connectivity index (χ1n) is 6.82. The van der Waals surface area contributed by atoms with Crippen LogP contribution in [0.2, 0.25) is 0 Å². The van der Waals surface area contributed by atoms with Crippen LogP contribution in [-0.2, 0) is 4.74 Å². The van der Waals surface area contributed by atoms with Crippen LogP contribution in [0.4, 0.5) is 0 Å². The lowest BCUT2D eigenvalue weighted by atomic mass is 9.89. The van der Waals surface area contributed by atoms with E-state index >= 15 is 0 Å². The van der Waals surface area contributed by atoms with Gasteiger partial charge < -0.3 is 19.5 Å². The number of nitrogens with one attached hydrogen (secondary N) is 1. The van der Waals surface area contributed by atoms with Crippen molar-refractivity contribution in [2.45, 2.75) is 31.0 Å². The quantitative estimate of drug-likeness (QED) is 0.894. The lowest BCUT2D eigenvalue weighted by Crippen LogP contribution is -2.41. The molecule has 19 heavy (non-hydrogen) atoms. The fraction of sp³-hybridized carbons (Fsp3) is 0.643. The lowest BCUT2D eigenvalue weighted by Gasteiger charge is -2.32. The molecule has 5 heteroatoms. The number of piperidine rings is 1. The molecular weight excluding hydrogens is 244 g/mol. The van der Waals surface area contributed by atoms with Gasteiger partial charge in [0.2, 0.25) is 0 Å². The summed E-state index contributed by atoms with van der Waals surface area (Å²) >= 11 is 0. The first-order valence-corrected chi connectivity index (χ1v) is 6.82. The number of rotatable bonds is 3. The number of aromatic nitrogens is 1. The van der Waals surface area contributed by atoms with Crippen LogP contribution < -0.4 is 14.8 Å². The zero-order valence-corrected chi connectivity index (χ0v) is 11.2. The molecule has 0 saturated carbocycles. The Hall–Kier alpha value is -1.33. The van der Waals surface area contributed by atoms with Crippen LogP contribution in [-0.4, -0.2) is 43.5 Å². The third-order valence-corrected chi connectivity index (χ3v) is 3.92. The van der Waals surface area contributed by atoms with Crippen molar-refractivity contribution in [3.05, 3.63) is 18.3 Å². The monoisotopic (exact) mass is 264 g/mol. The van der Waals surface area contributed by atoms with Crippen molar-refractivity contribution in [3.8, 4) is 11.6 Å². The number of ether oxygens (including phenoxy) is 3. The van der Waals surface area contributed by atoms with Crippen molar-refractivity contribution in [2.24, 2.45) is 0 Å². The predicted molar refractivity (Wildman–Crippen MR) is 70.6 cm³/mol. The summed E-state index contributed by atoms with van der Waals surface area (Å²) in [4.78, 5) is 4.23. The van der Waals surface area contributed by atoms with Crippen LogP contribution in [0, 0.1) is 0 Å². The Morgan fingerprint density at radius 1 is 1.42 bits per heavy atom. The summed E-state index contributed by atoms with van der Waals surface area (Å²) in [6.45, 7) is 2.69. The van der Waals surface area contributed by atoms with E-state index in [2.05, 4.69) is 10.3 Å². The van der Waals surface area contributed by atoms with Crippen molar-refractivity contribution in [1.82, 2.24) is 10.3 Å². The molecule has 2 aliphatic heterocycles. The van der Waals surface area contributed by atoms with Crippen LogP contribution in [0.1, 0.15) is 19.3 Å². The number of hydrogen-bond acceptors (Lipinski definition) is 5. The van der Waals surface area contributed by atoms with Gasteiger partial charge in [0, 0.05) is 12.6 Å². The van der Waals surface area contributed by atoms with Crippen molar-refractivity contribution in [1.29, 1.82) is 0 Å². The molecule has 3 rings (SSSR count). The molecule has 1 aromatic rings. The van der Waals surface area contributed by atoms with E-state index in [1.54, 1.807) is 13.3 Å². The van der Waals surface area contributed by atoms with Crippen molar-refractivity contribution < 1.29 is 14.2 Å². The number of hydrogen-bond donors (Lipinski definition) is 1. The van der Waals surface area contributed by atoms with E-state index in [0.29, 0.717) is 18.2 Å². The summed E-state index contributed by atoms with van der Waals surface area (Å²) in [5.74, 6) is 1.23. The summed E-state index contributed by atoms with van der Waals surface area (Å²) < 4.78 is 17.2. The largest absolute Gasteiger partial charge is 0.491 e. The van der Waals surface area contributed by atoms with Crippen LogP contribution in [0.3, 0.4) is 0 Å². The maximum Gasteiger partial charge on any atom is 0.257 e. The van der Waals surface area contributed by atoms with Crippen LogP contribution in [0.15, 0.2) is 18.3 Å². The number of methoxy groups -OCH3 is 1. The van der Waals surface area contributed by atoms with Gasteiger partial charge in [-0.15, -0.1) is 0 Å². The summed E-state index contributed by atoms with van der Waals surface area (Å²) in [6.07, 6.45) is 4.85.